The Kier molecular flexibility index (Phi) is 4.39. The fraction of sp³-hybridized carbons (Fsp3) is 0.238. The van der Waals surface area contributed by atoms with Crippen molar-refractivity contribution in [2.75, 3.05) is 5.32 Å². The molecule has 0 unspecified atom stereocenters. The number of aromatic nitrogens is 2. The van der Waals surface area contributed by atoms with Crippen LogP contribution in [0.4, 0.5) is 10.1 Å². The number of hydrogen-bond donors (Lipinski definition) is 2. The van der Waals surface area contributed by atoms with E-state index in [9.17, 15) is 14.3 Å². The largest absolute Gasteiger partial charge is 0.506 e. The lowest BCUT2D eigenvalue weighted by Gasteiger charge is -2.14. The van der Waals surface area contributed by atoms with Crippen LogP contribution in [-0.2, 0) is 12.8 Å². The zero-order chi connectivity index (χ0) is 19.0. The number of phenols is 1. The van der Waals surface area contributed by atoms with Crippen LogP contribution in [0.15, 0.2) is 42.5 Å². The second kappa shape index (κ2) is 6.87. The summed E-state index contributed by atoms with van der Waals surface area (Å²) < 4.78 is 15.0. The monoisotopic (exact) mass is 365 g/mol. The number of anilines is 1. The van der Waals surface area contributed by atoms with Crippen molar-refractivity contribution in [1.29, 1.82) is 0 Å². The SMILES string of the molecule is Cc1ccc(NC(=O)c2nn(-c3ccc(F)cc3)c3c2CCCC3)c(O)c1. The highest BCUT2D eigenvalue weighted by Crippen LogP contribution is 2.29. The number of aromatic hydroxyl groups is 1. The average molecular weight is 365 g/mol. The summed E-state index contributed by atoms with van der Waals surface area (Å²) in [5.74, 6) is -0.643. The van der Waals surface area contributed by atoms with Crippen molar-refractivity contribution >= 4 is 11.6 Å². The number of nitrogens with one attached hydrogen (secondary N) is 1. The van der Waals surface area contributed by atoms with E-state index in [2.05, 4.69) is 10.4 Å². The number of benzene rings is 2. The van der Waals surface area contributed by atoms with Gasteiger partial charge in [0, 0.05) is 11.3 Å². The molecule has 0 saturated heterocycles. The third kappa shape index (κ3) is 3.30. The highest BCUT2D eigenvalue weighted by Gasteiger charge is 2.26. The second-order valence-corrected chi connectivity index (χ2v) is 6.84. The van der Waals surface area contributed by atoms with Gasteiger partial charge in [0.1, 0.15) is 11.6 Å². The Bertz CT molecular complexity index is 1010. The topological polar surface area (TPSA) is 67.2 Å². The normalized spacial score (nSPS) is 13.3. The van der Waals surface area contributed by atoms with E-state index < -0.39 is 0 Å². The fourth-order valence-electron chi connectivity index (χ4n) is 3.51. The summed E-state index contributed by atoms with van der Waals surface area (Å²) in [4.78, 5) is 12.9. The summed E-state index contributed by atoms with van der Waals surface area (Å²) in [5.41, 5.74) is 4.26. The molecule has 0 atom stereocenters. The van der Waals surface area contributed by atoms with Crippen LogP contribution >= 0.6 is 0 Å². The predicted octanol–water partition coefficient (Wildman–Crippen LogP) is 4.16. The molecule has 0 fully saturated rings. The molecule has 0 spiro atoms. The number of phenolic OH excluding ortho intramolecular Hbond substituents is 1. The second-order valence-electron chi connectivity index (χ2n) is 6.84. The molecule has 2 N–H and O–H groups in total. The molecule has 27 heavy (non-hydrogen) atoms. The Labute approximate surface area is 156 Å². The van der Waals surface area contributed by atoms with Gasteiger partial charge in [-0.05, 0) is 74.6 Å². The molecule has 2 aromatic carbocycles. The number of fused-ring (bicyclic) bond motifs is 1. The molecular weight excluding hydrogens is 345 g/mol. The number of halogens is 1. The smallest absolute Gasteiger partial charge is 0.276 e. The molecule has 138 valence electrons. The molecular formula is C21H20FN3O2. The maximum atomic E-state index is 13.3. The van der Waals surface area contributed by atoms with Gasteiger partial charge < -0.3 is 10.4 Å². The lowest BCUT2D eigenvalue weighted by atomic mass is 9.95. The molecule has 0 aliphatic heterocycles. The number of nitrogens with zero attached hydrogens (tertiary/aromatic N) is 2. The number of aryl methyl sites for hydroxylation is 1. The molecule has 5 nitrogen and oxygen atoms in total. The molecule has 1 amide bonds. The van der Waals surface area contributed by atoms with Crippen molar-refractivity contribution in [3.63, 3.8) is 0 Å². The van der Waals surface area contributed by atoms with Crippen molar-refractivity contribution in [2.24, 2.45) is 0 Å². The Hall–Kier alpha value is -3.15. The average Bonchev–Trinajstić information content (AvgIpc) is 3.04. The first-order chi connectivity index (χ1) is 13.0. The van der Waals surface area contributed by atoms with Gasteiger partial charge in [0.25, 0.3) is 5.91 Å². The Morgan fingerprint density at radius 2 is 1.89 bits per heavy atom. The minimum Gasteiger partial charge on any atom is -0.506 e. The third-order valence-electron chi connectivity index (χ3n) is 4.87. The minimum absolute atomic E-state index is 0.0233. The number of rotatable bonds is 3. The molecule has 0 radical (unpaired) electrons. The van der Waals surface area contributed by atoms with E-state index in [0.717, 1.165) is 48.2 Å². The summed E-state index contributed by atoms with van der Waals surface area (Å²) in [6.07, 6.45) is 3.62. The Morgan fingerprint density at radius 3 is 2.63 bits per heavy atom. The van der Waals surface area contributed by atoms with E-state index in [1.54, 1.807) is 28.9 Å². The predicted molar refractivity (Wildman–Crippen MR) is 101 cm³/mol. The molecule has 0 bridgehead atoms. The van der Waals surface area contributed by atoms with E-state index in [0.29, 0.717) is 11.4 Å². The van der Waals surface area contributed by atoms with Gasteiger partial charge >= 0.3 is 0 Å². The molecule has 1 aliphatic carbocycles. The maximum absolute atomic E-state index is 13.3. The minimum atomic E-state index is -0.354. The van der Waals surface area contributed by atoms with Crippen LogP contribution in [0.1, 0.15) is 40.2 Å². The number of amides is 1. The van der Waals surface area contributed by atoms with Gasteiger partial charge in [-0.15, -0.1) is 0 Å². The van der Waals surface area contributed by atoms with Crippen molar-refractivity contribution in [2.45, 2.75) is 32.6 Å². The van der Waals surface area contributed by atoms with Crippen molar-refractivity contribution in [3.05, 3.63) is 70.8 Å². The van der Waals surface area contributed by atoms with E-state index in [1.807, 2.05) is 13.0 Å². The van der Waals surface area contributed by atoms with Gasteiger partial charge in [-0.2, -0.15) is 5.10 Å². The van der Waals surface area contributed by atoms with E-state index in [1.165, 1.54) is 12.1 Å². The summed E-state index contributed by atoms with van der Waals surface area (Å²) >= 11 is 0. The van der Waals surface area contributed by atoms with Gasteiger partial charge in [0.15, 0.2) is 5.69 Å². The lowest BCUT2D eigenvalue weighted by molar-refractivity contribution is 0.102. The molecule has 0 saturated carbocycles. The van der Waals surface area contributed by atoms with Gasteiger partial charge in [-0.1, -0.05) is 6.07 Å². The standard InChI is InChI=1S/C21H20FN3O2/c1-13-6-11-17(19(26)12-13)23-21(27)20-16-4-2-3-5-18(16)25(24-20)15-9-7-14(22)8-10-15/h6-12,26H,2-5H2,1H3,(H,23,27). The first-order valence-corrected chi connectivity index (χ1v) is 9.00. The summed E-state index contributed by atoms with van der Waals surface area (Å²) in [6, 6.07) is 11.2. The fourth-order valence-corrected chi connectivity index (χ4v) is 3.51. The van der Waals surface area contributed by atoms with Gasteiger partial charge in [0.2, 0.25) is 0 Å². The molecule has 1 aliphatic rings. The summed E-state index contributed by atoms with van der Waals surface area (Å²) in [7, 11) is 0. The van der Waals surface area contributed by atoms with E-state index in [4.69, 9.17) is 0 Å². The molecule has 3 aromatic rings. The van der Waals surface area contributed by atoms with Crippen LogP contribution in [0.25, 0.3) is 5.69 Å². The van der Waals surface area contributed by atoms with E-state index in [-0.39, 0.29) is 17.5 Å². The highest BCUT2D eigenvalue weighted by atomic mass is 19.1. The van der Waals surface area contributed by atoms with Crippen molar-refractivity contribution in [1.82, 2.24) is 9.78 Å². The van der Waals surface area contributed by atoms with Gasteiger partial charge in [-0.25, -0.2) is 9.07 Å². The number of carbonyl (C=O) groups excluding carboxylic acids is 1. The zero-order valence-electron chi connectivity index (χ0n) is 15.0. The molecule has 6 heteroatoms. The first kappa shape index (κ1) is 17.3. The Balaban J connectivity index is 1.72. The summed E-state index contributed by atoms with van der Waals surface area (Å²) in [5, 5.41) is 17.3. The molecule has 4 rings (SSSR count). The van der Waals surface area contributed by atoms with Gasteiger partial charge in [-0.3, -0.25) is 4.79 Å². The lowest BCUT2D eigenvalue weighted by Crippen LogP contribution is -2.15. The third-order valence-corrected chi connectivity index (χ3v) is 4.87. The Morgan fingerprint density at radius 1 is 1.15 bits per heavy atom. The molecule has 1 heterocycles. The van der Waals surface area contributed by atoms with Crippen LogP contribution in [-0.4, -0.2) is 20.8 Å². The maximum Gasteiger partial charge on any atom is 0.276 e. The quantitative estimate of drug-likeness (QED) is 0.685. The zero-order valence-corrected chi connectivity index (χ0v) is 15.0. The summed E-state index contributed by atoms with van der Waals surface area (Å²) in [6.45, 7) is 1.87. The van der Waals surface area contributed by atoms with Gasteiger partial charge in [0.05, 0.1) is 11.4 Å². The number of hydrogen-bond acceptors (Lipinski definition) is 3. The van der Waals surface area contributed by atoms with Crippen LogP contribution in [0.2, 0.25) is 0 Å². The molecule has 1 aromatic heterocycles. The van der Waals surface area contributed by atoms with Crippen LogP contribution in [0.5, 0.6) is 5.75 Å². The van der Waals surface area contributed by atoms with Crippen LogP contribution in [0, 0.1) is 12.7 Å². The van der Waals surface area contributed by atoms with Crippen molar-refractivity contribution in [3.8, 4) is 11.4 Å². The van der Waals surface area contributed by atoms with Crippen LogP contribution in [0.3, 0.4) is 0 Å². The first-order valence-electron chi connectivity index (χ1n) is 9.00. The van der Waals surface area contributed by atoms with Crippen LogP contribution < -0.4 is 5.32 Å². The number of carbonyl (C=O) groups is 1. The van der Waals surface area contributed by atoms with Crippen molar-refractivity contribution < 1.29 is 14.3 Å². The van der Waals surface area contributed by atoms with E-state index >= 15 is 0 Å². The highest BCUT2D eigenvalue weighted by molar-refractivity contribution is 6.04.